The van der Waals surface area contributed by atoms with Crippen LogP contribution in [0.1, 0.15) is 40.0 Å². The number of allylic oxidation sites excluding steroid dienone is 1. The number of rotatable bonds is 4. The second-order valence-electron chi connectivity index (χ2n) is 6.26. The van der Waals surface area contributed by atoms with Crippen LogP contribution in [0, 0.1) is 5.41 Å². The monoisotopic (exact) mass is 288 g/mol. The van der Waals surface area contributed by atoms with E-state index in [1.165, 1.54) is 0 Å². The van der Waals surface area contributed by atoms with Crippen LogP contribution in [0.5, 0.6) is 5.75 Å². The van der Waals surface area contributed by atoms with Gasteiger partial charge < -0.3 is 15.8 Å². The topological polar surface area (TPSA) is 64.3 Å². The van der Waals surface area contributed by atoms with Crippen molar-refractivity contribution < 1.29 is 9.53 Å². The zero-order chi connectivity index (χ0) is 15.5. The number of nitrogens with one attached hydrogen (secondary N) is 1. The first kappa shape index (κ1) is 15.4. The quantitative estimate of drug-likeness (QED) is 0.892. The lowest BCUT2D eigenvalue weighted by atomic mass is 9.76. The van der Waals surface area contributed by atoms with Crippen LogP contribution in [0.4, 0.5) is 5.69 Å². The fourth-order valence-corrected chi connectivity index (χ4v) is 2.60. The molecule has 1 aliphatic rings. The highest BCUT2D eigenvalue weighted by Crippen LogP contribution is 2.37. The summed E-state index contributed by atoms with van der Waals surface area (Å²) in [4.78, 5) is 12.3. The molecule has 0 unspecified atom stereocenters. The highest BCUT2D eigenvalue weighted by atomic mass is 16.5. The molecule has 114 valence electrons. The number of hydrogen-bond donors (Lipinski definition) is 2. The van der Waals surface area contributed by atoms with E-state index in [0.717, 1.165) is 42.0 Å². The van der Waals surface area contributed by atoms with E-state index in [-0.39, 0.29) is 11.3 Å². The summed E-state index contributed by atoms with van der Waals surface area (Å²) in [7, 11) is 0. The summed E-state index contributed by atoms with van der Waals surface area (Å²) >= 11 is 0. The molecule has 0 radical (unpaired) electrons. The molecule has 1 amide bonds. The minimum atomic E-state index is -0.0906. The minimum absolute atomic E-state index is 0.0906. The molecule has 1 aliphatic carbocycles. The van der Waals surface area contributed by atoms with Crippen molar-refractivity contribution in [3.05, 3.63) is 35.5 Å². The second-order valence-corrected chi connectivity index (χ2v) is 6.26. The molecule has 0 aromatic heterocycles. The first-order valence-corrected chi connectivity index (χ1v) is 7.43. The van der Waals surface area contributed by atoms with Crippen LogP contribution in [0.25, 0.3) is 0 Å². The molecule has 1 aromatic rings. The van der Waals surface area contributed by atoms with Gasteiger partial charge in [0.05, 0.1) is 6.61 Å². The van der Waals surface area contributed by atoms with Gasteiger partial charge >= 0.3 is 0 Å². The van der Waals surface area contributed by atoms with Crippen LogP contribution < -0.4 is 15.8 Å². The van der Waals surface area contributed by atoms with Gasteiger partial charge in [0.2, 0.25) is 0 Å². The molecule has 1 aromatic carbocycles. The van der Waals surface area contributed by atoms with Crippen LogP contribution in [0.15, 0.2) is 35.5 Å². The van der Waals surface area contributed by atoms with Crippen molar-refractivity contribution in [1.29, 1.82) is 0 Å². The number of ether oxygens (including phenoxy) is 1. The lowest BCUT2D eigenvalue weighted by Crippen LogP contribution is -2.27. The molecule has 0 bridgehead atoms. The number of benzene rings is 1. The predicted molar refractivity (Wildman–Crippen MR) is 85.1 cm³/mol. The second kappa shape index (κ2) is 6.20. The van der Waals surface area contributed by atoms with E-state index in [1.54, 1.807) is 0 Å². The Morgan fingerprint density at radius 2 is 2.00 bits per heavy atom. The summed E-state index contributed by atoms with van der Waals surface area (Å²) in [5, 5.41) is 2.91. The Kier molecular flexibility index (Phi) is 4.56. The van der Waals surface area contributed by atoms with E-state index in [4.69, 9.17) is 10.5 Å². The Bertz CT molecular complexity index is 544. The van der Waals surface area contributed by atoms with E-state index in [2.05, 4.69) is 19.2 Å². The van der Waals surface area contributed by atoms with Gasteiger partial charge in [-0.3, -0.25) is 4.79 Å². The maximum absolute atomic E-state index is 12.3. The first-order chi connectivity index (χ1) is 9.91. The van der Waals surface area contributed by atoms with E-state index in [0.29, 0.717) is 6.61 Å². The molecule has 0 saturated heterocycles. The van der Waals surface area contributed by atoms with Crippen LogP contribution in [-0.4, -0.2) is 12.5 Å². The van der Waals surface area contributed by atoms with Gasteiger partial charge in [-0.15, -0.1) is 0 Å². The third kappa shape index (κ3) is 4.00. The van der Waals surface area contributed by atoms with Crippen LogP contribution in [-0.2, 0) is 4.79 Å². The molecule has 0 fully saturated rings. The van der Waals surface area contributed by atoms with Gasteiger partial charge in [0.1, 0.15) is 5.75 Å². The highest BCUT2D eigenvalue weighted by molar-refractivity contribution is 6.04. The lowest BCUT2D eigenvalue weighted by Gasteiger charge is -2.31. The first-order valence-electron chi connectivity index (χ1n) is 7.43. The number of carbonyl (C=O) groups is 1. The molecule has 3 N–H and O–H groups in total. The van der Waals surface area contributed by atoms with E-state index < -0.39 is 0 Å². The SMILES string of the molecule is CCOc1ccc(NC(=O)C2=C(N)CC(C)(C)CC2)cc1. The maximum Gasteiger partial charge on any atom is 0.253 e. The van der Waals surface area contributed by atoms with Crippen molar-refractivity contribution in [1.82, 2.24) is 0 Å². The van der Waals surface area contributed by atoms with Gasteiger partial charge in [0.15, 0.2) is 0 Å². The molecule has 4 nitrogen and oxygen atoms in total. The van der Waals surface area contributed by atoms with Crippen LogP contribution in [0.3, 0.4) is 0 Å². The van der Waals surface area contributed by atoms with Crippen LogP contribution >= 0.6 is 0 Å². The van der Waals surface area contributed by atoms with Crippen LogP contribution in [0.2, 0.25) is 0 Å². The third-order valence-electron chi connectivity index (χ3n) is 3.81. The molecule has 4 heteroatoms. The standard InChI is InChI=1S/C17H24N2O2/c1-4-21-13-7-5-12(6-8-13)19-16(20)14-9-10-17(2,3)11-15(14)18/h5-8H,4,9-11,18H2,1-3H3,(H,19,20). The third-order valence-corrected chi connectivity index (χ3v) is 3.81. The largest absolute Gasteiger partial charge is 0.494 e. The average molecular weight is 288 g/mol. The summed E-state index contributed by atoms with van der Waals surface area (Å²) < 4.78 is 5.38. The molecule has 0 atom stereocenters. The van der Waals surface area contributed by atoms with Crippen molar-refractivity contribution in [2.75, 3.05) is 11.9 Å². The van der Waals surface area contributed by atoms with Gasteiger partial charge in [0, 0.05) is 17.0 Å². The number of amides is 1. The lowest BCUT2D eigenvalue weighted by molar-refractivity contribution is -0.113. The van der Waals surface area contributed by atoms with Crippen molar-refractivity contribution >= 4 is 11.6 Å². The van der Waals surface area contributed by atoms with E-state index in [9.17, 15) is 4.79 Å². The van der Waals surface area contributed by atoms with Gasteiger partial charge in [-0.25, -0.2) is 0 Å². The van der Waals surface area contributed by atoms with Gasteiger partial charge in [-0.05, 0) is 55.9 Å². The minimum Gasteiger partial charge on any atom is -0.494 e. The zero-order valence-electron chi connectivity index (χ0n) is 13.0. The summed E-state index contributed by atoms with van der Waals surface area (Å²) in [5.41, 5.74) is 8.46. The molecular formula is C17H24N2O2. The molecule has 0 aliphatic heterocycles. The average Bonchev–Trinajstić information content (AvgIpc) is 2.40. The Balaban J connectivity index is 2.04. The van der Waals surface area contributed by atoms with E-state index >= 15 is 0 Å². The fraction of sp³-hybridized carbons (Fsp3) is 0.471. The van der Waals surface area contributed by atoms with Crippen molar-refractivity contribution in [2.45, 2.75) is 40.0 Å². The fourth-order valence-electron chi connectivity index (χ4n) is 2.60. The van der Waals surface area contributed by atoms with Crippen molar-refractivity contribution in [2.24, 2.45) is 11.1 Å². The Hall–Kier alpha value is -1.97. The molecule has 0 saturated carbocycles. The summed E-state index contributed by atoms with van der Waals surface area (Å²) in [6, 6.07) is 7.38. The predicted octanol–water partition coefficient (Wildman–Crippen LogP) is 3.45. The number of anilines is 1. The Morgan fingerprint density at radius 1 is 1.33 bits per heavy atom. The molecule has 21 heavy (non-hydrogen) atoms. The number of hydrogen-bond acceptors (Lipinski definition) is 3. The van der Waals surface area contributed by atoms with Gasteiger partial charge in [-0.1, -0.05) is 13.8 Å². The van der Waals surface area contributed by atoms with E-state index in [1.807, 2.05) is 31.2 Å². The summed E-state index contributed by atoms with van der Waals surface area (Å²) in [6.07, 6.45) is 2.50. The number of carbonyl (C=O) groups excluding carboxylic acids is 1. The normalized spacial score (nSPS) is 17.5. The zero-order valence-corrected chi connectivity index (χ0v) is 13.0. The molecular weight excluding hydrogens is 264 g/mol. The van der Waals surface area contributed by atoms with Crippen molar-refractivity contribution in [3.63, 3.8) is 0 Å². The van der Waals surface area contributed by atoms with Gasteiger partial charge in [0.25, 0.3) is 5.91 Å². The van der Waals surface area contributed by atoms with Gasteiger partial charge in [-0.2, -0.15) is 0 Å². The summed E-state index contributed by atoms with van der Waals surface area (Å²) in [5.74, 6) is 0.709. The Labute approximate surface area is 126 Å². The summed E-state index contributed by atoms with van der Waals surface area (Å²) in [6.45, 7) is 6.93. The highest BCUT2D eigenvalue weighted by Gasteiger charge is 2.28. The molecule has 2 rings (SSSR count). The smallest absolute Gasteiger partial charge is 0.253 e. The number of nitrogens with two attached hydrogens (primary N) is 1. The maximum atomic E-state index is 12.3. The van der Waals surface area contributed by atoms with Crippen molar-refractivity contribution in [3.8, 4) is 5.75 Å². The molecule has 0 spiro atoms. The Morgan fingerprint density at radius 3 is 2.57 bits per heavy atom. The molecule has 0 heterocycles.